The molecule has 0 aliphatic carbocycles. The van der Waals surface area contributed by atoms with E-state index in [1.165, 1.54) is 0 Å². The van der Waals surface area contributed by atoms with Crippen LogP contribution in [0.15, 0.2) is 49.1 Å². The predicted molar refractivity (Wildman–Crippen MR) is 88.9 cm³/mol. The second-order valence-electron chi connectivity index (χ2n) is 6.34. The first-order chi connectivity index (χ1) is 11.5. The fraction of sp³-hybridized carbons (Fsp3) is 0.333. The Labute approximate surface area is 144 Å². The molecule has 0 unspecified atom stereocenters. The lowest BCUT2D eigenvalue weighted by Gasteiger charge is -2.32. The summed E-state index contributed by atoms with van der Waals surface area (Å²) in [4.78, 5) is 26.5. The van der Waals surface area contributed by atoms with E-state index in [0.717, 1.165) is 0 Å². The second-order valence-corrected chi connectivity index (χ2v) is 6.74. The van der Waals surface area contributed by atoms with E-state index in [4.69, 9.17) is 16.3 Å². The summed E-state index contributed by atoms with van der Waals surface area (Å²) >= 11 is 6.29. The van der Waals surface area contributed by atoms with Crippen molar-refractivity contribution in [1.82, 2.24) is 0 Å². The Balaban J connectivity index is 1.87. The highest BCUT2D eigenvalue weighted by atomic mass is 35.5. The molecule has 0 aromatic heterocycles. The van der Waals surface area contributed by atoms with Crippen molar-refractivity contribution in [1.29, 1.82) is 0 Å². The van der Waals surface area contributed by atoms with E-state index in [1.54, 1.807) is 41.3 Å². The Hall–Kier alpha value is -2.11. The molecular weight excluding hydrogens is 330 g/mol. The van der Waals surface area contributed by atoms with Gasteiger partial charge in [-0.3, -0.25) is 9.59 Å². The average Bonchev–Trinajstić information content (AvgIpc) is 3.18. The van der Waals surface area contributed by atoms with Crippen LogP contribution in [-0.2, 0) is 14.3 Å². The van der Waals surface area contributed by atoms with Crippen LogP contribution in [0.1, 0.15) is 6.42 Å². The standard InChI is InChI=1S/C18H16ClNO4/c1-2-5-13-18-9-8-12(24-18)14(17(22)23)15(18)16(21)20(13)11-7-4-3-6-10(11)19/h2-4,6-9,12-15H,1,5H2,(H,22,23)/t12-,13+,14+,15-,18+/m1/s1. The summed E-state index contributed by atoms with van der Waals surface area (Å²) in [5, 5.41) is 10.0. The van der Waals surface area contributed by atoms with E-state index >= 15 is 0 Å². The molecule has 3 aliphatic heterocycles. The molecule has 24 heavy (non-hydrogen) atoms. The van der Waals surface area contributed by atoms with Gasteiger partial charge in [0.2, 0.25) is 5.91 Å². The van der Waals surface area contributed by atoms with Crippen molar-refractivity contribution in [2.45, 2.75) is 24.2 Å². The summed E-state index contributed by atoms with van der Waals surface area (Å²) in [6.07, 6.45) is 5.26. The molecule has 2 bridgehead atoms. The molecule has 0 saturated carbocycles. The van der Waals surface area contributed by atoms with Gasteiger partial charge in [-0.2, -0.15) is 0 Å². The van der Waals surface area contributed by atoms with Crippen LogP contribution in [-0.4, -0.2) is 34.7 Å². The van der Waals surface area contributed by atoms with Crippen LogP contribution in [0.5, 0.6) is 0 Å². The number of hydrogen-bond donors (Lipinski definition) is 1. The van der Waals surface area contributed by atoms with E-state index in [2.05, 4.69) is 6.58 Å². The zero-order valence-electron chi connectivity index (χ0n) is 12.8. The van der Waals surface area contributed by atoms with Crippen molar-refractivity contribution in [2.24, 2.45) is 11.8 Å². The molecule has 4 rings (SSSR count). The monoisotopic (exact) mass is 345 g/mol. The Morgan fingerprint density at radius 3 is 2.88 bits per heavy atom. The lowest BCUT2D eigenvalue weighted by atomic mass is 9.74. The van der Waals surface area contributed by atoms with E-state index in [0.29, 0.717) is 17.1 Å². The van der Waals surface area contributed by atoms with E-state index in [-0.39, 0.29) is 11.9 Å². The average molecular weight is 346 g/mol. The highest BCUT2D eigenvalue weighted by molar-refractivity contribution is 6.34. The van der Waals surface area contributed by atoms with Gasteiger partial charge in [-0.15, -0.1) is 6.58 Å². The molecule has 5 atom stereocenters. The van der Waals surface area contributed by atoms with Gasteiger partial charge in [-0.25, -0.2) is 0 Å². The molecule has 1 aromatic rings. The molecule has 3 aliphatic rings. The fourth-order valence-electron chi connectivity index (χ4n) is 4.31. The molecule has 1 spiro atoms. The van der Waals surface area contributed by atoms with Crippen molar-refractivity contribution >= 4 is 29.2 Å². The highest BCUT2D eigenvalue weighted by Gasteiger charge is 2.71. The fourth-order valence-corrected chi connectivity index (χ4v) is 4.54. The number of fused-ring (bicyclic) bond motifs is 1. The van der Waals surface area contributed by atoms with Gasteiger partial charge in [-0.1, -0.05) is 42.0 Å². The van der Waals surface area contributed by atoms with Gasteiger partial charge in [-0.05, 0) is 18.6 Å². The molecule has 124 valence electrons. The lowest BCUT2D eigenvalue weighted by Crippen LogP contribution is -2.45. The number of carbonyl (C=O) groups excluding carboxylic acids is 1. The zero-order valence-corrected chi connectivity index (χ0v) is 13.5. The quantitative estimate of drug-likeness (QED) is 0.852. The van der Waals surface area contributed by atoms with Crippen molar-refractivity contribution in [3.63, 3.8) is 0 Å². The first kappa shape index (κ1) is 15.4. The van der Waals surface area contributed by atoms with Gasteiger partial charge < -0.3 is 14.7 Å². The lowest BCUT2D eigenvalue weighted by molar-refractivity contribution is -0.146. The van der Waals surface area contributed by atoms with Crippen LogP contribution in [0.25, 0.3) is 0 Å². The molecule has 2 saturated heterocycles. The van der Waals surface area contributed by atoms with Gasteiger partial charge >= 0.3 is 5.97 Å². The summed E-state index contributed by atoms with van der Waals surface area (Å²) < 4.78 is 6.04. The summed E-state index contributed by atoms with van der Waals surface area (Å²) in [5.41, 5.74) is -0.359. The minimum absolute atomic E-state index is 0.255. The summed E-state index contributed by atoms with van der Waals surface area (Å²) in [5.74, 6) is -2.88. The number of para-hydroxylation sites is 1. The molecule has 6 heteroatoms. The van der Waals surface area contributed by atoms with Crippen molar-refractivity contribution in [3.05, 3.63) is 54.1 Å². The third-order valence-corrected chi connectivity index (χ3v) is 5.53. The highest BCUT2D eigenvalue weighted by Crippen LogP contribution is 2.56. The number of aliphatic carboxylic acids is 1. The Bertz CT molecular complexity index is 776. The molecule has 2 fully saturated rings. The number of benzene rings is 1. The zero-order chi connectivity index (χ0) is 17.1. The van der Waals surface area contributed by atoms with E-state index < -0.39 is 29.5 Å². The third kappa shape index (κ3) is 1.79. The number of carboxylic acid groups (broad SMARTS) is 1. The van der Waals surface area contributed by atoms with Crippen LogP contribution in [0.4, 0.5) is 5.69 Å². The van der Waals surface area contributed by atoms with Crippen molar-refractivity contribution in [2.75, 3.05) is 4.90 Å². The summed E-state index contributed by atoms with van der Waals surface area (Å²) in [6, 6.07) is 6.70. The third-order valence-electron chi connectivity index (χ3n) is 5.21. The number of ether oxygens (including phenoxy) is 1. The Kier molecular flexibility index (Phi) is 3.34. The Morgan fingerprint density at radius 1 is 1.46 bits per heavy atom. The number of amides is 1. The molecule has 1 amide bonds. The minimum Gasteiger partial charge on any atom is -0.481 e. The van der Waals surface area contributed by atoms with Crippen LogP contribution in [0.2, 0.25) is 5.02 Å². The maximum atomic E-state index is 13.2. The van der Waals surface area contributed by atoms with Gasteiger partial charge in [0, 0.05) is 0 Å². The van der Waals surface area contributed by atoms with Crippen LogP contribution in [0, 0.1) is 11.8 Å². The molecule has 3 heterocycles. The van der Waals surface area contributed by atoms with Crippen LogP contribution in [0.3, 0.4) is 0 Å². The normalized spacial score (nSPS) is 36.2. The van der Waals surface area contributed by atoms with Crippen LogP contribution >= 0.6 is 11.6 Å². The first-order valence-corrected chi connectivity index (χ1v) is 8.17. The molecule has 1 aromatic carbocycles. The van der Waals surface area contributed by atoms with Crippen molar-refractivity contribution < 1.29 is 19.4 Å². The molecule has 5 nitrogen and oxygen atoms in total. The molecule has 0 radical (unpaired) electrons. The maximum Gasteiger partial charge on any atom is 0.310 e. The largest absolute Gasteiger partial charge is 0.481 e. The van der Waals surface area contributed by atoms with Crippen LogP contribution < -0.4 is 4.90 Å². The number of carboxylic acids is 1. The predicted octanol–water partition coefficient (Wildman–Crippen LogP) is 2.66. The second kappa shape index (κ2) is 5.19. The molecule has 1 N–H and O–H groups in total. The smallest absolute Gasteiger partial charge is 0.310 e. The topological polar surface area (TPSA) is 66.8 Å². The van der Waals surface area contributed by atoms with Gasteiger partial charge in [0.05, 0.1) is 28.8 Å². The number of nitrogens with zero attached hydrogens (tertiary/aromatic N) is 1. The number of halogens is 1. The summed E-state index contributed by atoms with van der Waals surface area (Å²) in [7, 11) is 0. The summed E-state index contributed by atoms with van der Waals surface area (Å²) in [6.45, 7) is 3.78. The number of anilines is 1. The van der Waals surface area contributed by atoms with Gasteiger partial charge in [0.1, 0.15) is 11.5 Å². The van der Waals surface area contributed by atoms with E-state index in [1.807, 2.05) is 6.08 Å². The Morgan fingerprint density at radius 2 is 2.21 bits per heavy atom. The van der Waals surface area contributed by atoms with E-state index in [9.17, 15) is 14.7 Å². The maximum absolute atomic E-state index is 13.2. The first-order valence-electron chi connectivity index (χ1n) is 7.79. The number of hydrogen-bond acceptors (Lipinski definition) is 3. The molecular formula is C18H16ClNO4. The SMILES string of the molecule is C=CC[C@@H]1N(c2ccccc2Cl)C(=O)[C@H]2[C@@H](C(=O)O)[C@H]3C=C[C@]12O3. The number of rotatable bonds is 4. The minimum atomic E-state index is -1.01. The van der Waals surface area contributed by atoms with Gasteiger partial charge in [0.25, 0.3) is 0 Å². The number of carbonyl (C=O) groups is 2. The van der Waals surface area contributed by atoms with Gasteiger partial charge in [0.15, 0.2) is 0 Å². The van der Waals surface area contributed by atoms with Crippen molar-refractivity contribution in [3.8, 4) is 0 Å².